The van der Waals surface area contributed by atoms with Crippen LogP contribution in [0.4, 0.5) is 0 Å². The fraction of sp³-hybridized carbons (Fsp3) is 0.780. The minimum atomic E-state index is -4.65. The number of hydrogen-bond donors (Lipinski definition) is 0. The number of carbonyl (C=O) groups excluding carboxylic acids is 2. The van der Waals surface area contributed by atoms with E-state index in [1.807, 2.05) is 21.1 Å². The lowest BCUT2D eigenvalue weighted by Gasteiger charge is -2.28. The van der Waals surface area contributed by atoms with E-state index in [2.05, 4.69) is 123 Å². The van der Waals surface area contributed by atoms with E-state index in [-0.39, 0.29) is 32.0 Å². The molecular weight excluding hydrogens is 1270 g/mol. The molecule has 0 amide bonds. The molecule has 2 atom stereocenters. The highest BCUT2D eigenvalue weighted by molar-refractivity contribution is 7.45. The van der Waals surface area contributed by atoms with Gasteiger partial charge in [-0.25, -0.2) is 0 Å². The quantitative estimate of drug-likeness (QED) is 0.0195. The van der Waals surface area contributed by atoms with Gasteiger partial charge in [0.15, 0.2) is 6.10 Å². The second-order valence-electron chi connectivity index (χ2n) is 30.2. The van der Waals surface area contributed by atoms with Crippen molar-refractivity contribution < 1.29 is 42.1 Å². The summed E-state index contributed by atoms with van der Waals surface area (Å²) in [4.78, 5) is 38.2. The Morgan fingerprint density at radius 1 is 0.317 bits per heavy atom. The molecule has 0 aromatic carbocycles. The van der Waals surface area contributed by atoms with Gasteiger partial charge in [-0.05, 0) is 83.5 Å². The van der Waals surface area contributed by atoms with Gasteiger partial charge in [-0.3, -0.25) is 14.2 Å². The average Bonchev–Trinajstić information content (AvgIpc) is 0.973. The molecule has 0 aliphatic heterocycles. The first-order chi connectivity index (χ1) is 49.5. The van der Waals surface area contributed by atoms with E-state index in [9.17, 15) is 19.0 Å². The van der Waals surface area contributed by atoms with E-state index in [0.29, 0.717) is 17.4 Å². The largest absolute Gasteiger partial charge is 0.756 e. The standard InChI is InChI=1S/C91H164NO8P/c1-6-8-10-12-14-16-18-20-22-24-26-28-30-32-34-36-38-40-42-44-46-48-50-52-54-56-58-60-62-64-66-68-70-72-74-76-78-80-82-84-91(94)100-89(88-99-101(95,96)98-86-85-92(3,4)5)87-97-90(93)83-81-79-77-75-73-71-69-67-65-63-61-59-57-55-53-51-49-47-45-43-41-39-37-35-33-31-29-27-25-23-21-19-17-15-13-11-9-7-2/h8,10,14,16,20,22,26,28,32,34,38,40,44,46,50,52,56,58,89H,6-7,9,11-13,15,17-19,21,23-25,27,29-31,33,35-37,39,41-43,45,47-49,51,53-55,57,59-88H2,1-5H3/b10-8-,16-14-,22-20-,28-26-,34-32-,40-38-,46-44-,52-50-,58-56-. The molecule has 2 unspecified atom stereocenters. The maximum atomic E-state index is 12.9. The molecule has 0 saturated carbocycles. The van der Waals surface area contributed by atoms with Crippen molar-refractivity contribution in [3.8, 4) is 0 Å². The summed E-state index contributed by atoms with van der Waals surface area (Å²) in [6, 6.07) is 0. The molecule has 0 saturated heterocycles. The van der Waals surface area contributed by atoms with Gasteiger partial charge in [0, 0.05) is 12.8 Å². The van der Waals surface area contributed by atoms with E-state index in [0.717, 1.165) is 103 Å². The van der Waals surface area contributed by atoms with Crippen molar-refractivity contribution in [2.45, 2.75) is 412 Å². The molecule has 0 spiro atoms. The van der Waals surface area contributed by atoms with Crippen LogP contribution in [0.1, 0.15) is 406 Å². The molecule has 0 rings (SSSR count). The van der Waals surface area contributed by atoms with Gasteiger partial charge in [0.2, 0.25) is 0 Å². The summed E-state index contributed by atoms with van der Waals surface area (Å²) in [5, 5.41) is 0. The lowest BCUT2D eigenvalue weighted by atomic mass is 10.0. The topological polar surface area (TPSA) is 111 Å². The van der Waals surface area contributed by atoms with Crippen LogP contribution in [0.3, 0.4) is 0 Å². The van der Waals surface area contributed by atoms with Gasteiger partial charge in [0.1, 0.15) is 19.8 Å². The minimum absolute atomic E-state index is 0.0334. The predicted octanol–water partition coefficient (Wildman–Crippen LogP) is 28.5. The van der Waals surface area contributed by atoms with Crippen molar-refractivity contribution >= 4 is 19.8 Å². The molecule has 101 heavy (non-hydrogen) atoms. The van der Waals surface area contributed by atoms with E-state index >= 15 is 0 Å². The maximum Gasteiger partial charge on any atom is 0.306 e. The summed E-state index contributed by atoms with van der Waals surface area (Å²) in [6.07, 6.45) is 115. The Morgan fingerprint density at radius 2 is 0.564 bits per heavy atom. The van der Waals surface area contributed by atoms with Crippen molar-refractivity contribution in [3.05, 3.63) is 109 Å². The number of rotatable bonds is 80. The second kappa shape index (κ2) is 80.8. The second-order valence-corrected chi connectivity index (χ2v) is 31.6. The molecule has 0 aromatic rings. The summed E-state index contributed by atoms with van der Waals surface area (Å²) in [5.41, 5.74) is 0. The first kappa shape index (κ1) is 97.7. The number of phosphoric ester groups is 1. The number of nitrogens with zero attached hydrogens (tertiary/aromatic N) is 1. The van der Waals surface area contributed by atoms with Gasteiger partial charge in [-0.15, -0.1) is 0 Å². The third kappa shape index (κ3) is 85.5. The smallest absolute Gasteiger partial charge is 0.306 e. The number of likely N-dealkylation sites (N-methyl/N-ethyl adjacent to an activating group) is 1. The van der Waals surface area contributed by atoms with Crippen molar-refractivity contribution in [1.29, 1.82) is 0 Å². The van der Waals surface area contributed by atoms with E-state index in [1.54, 1.807) is 0 Å². The number of phosphoric acid groups is 1. The van der Waals surface area contributed by atoms with Crippen LogP contribution in [0.15, 0.2) is 109 Å². The van der Waals surface area contributed by atoms with Gasteiger partial charge in [0.05, 0.1) is 27.7 Å². The van der Waals surface area contributed by atoms with Crippen molar-refractivity contribution in [1.82, 2.24) is 0 Å². The summed E-state index contributed by atoms with van der Waals surface area (Å²) >= 11 is 0. The Balaban J connectivity index is 3.94. The fourth-order valence-corrected chi connectivity index (χ4v) is 13.3. The molecule has 0 radical (unpaired) electrons. The molecule has 0 aromatic heterocycles. The van der Waals surface area contributed by atoms with Crippen LogP contribution in [0, 0.1) is 0 Å². The SMILES string of the molecule is CC/C=C\C/C=C\C/C=C\C/C=C\C/C=C\C/C=C\C/C=C\C/C=C\C/C=C\CCCCCCCCCCCCCC(=O)OC(COC(=O)CCCCCCCCCCCCCCCCCCCCCCCCCCCCCCCCCCCCCCCC)COP(=O)([O-])OCC[N+](C)(C)C. The predicted molar refractivity (Wildman–Crippen MR) is 438 cm³/mol. The number of carbonyl (C=O) groups is 2. The van der Waals surface area contributed by atoms with Crippen LogP contribution in [0.5, 0.6) is 0 Å². The van der Waals surface area contributed by atoms with Gasteiger partial charge in [-0.2, -0.15) is 0 Å². The monoisotopic (exact) mass is 1430 g/mol. The Morgan fingerprint density at radius 3 is 0.842 bits per heavy atom. The fourth-order valence-electron chi connectivity index (χ4n) is 12.5. The number of ether oxygens (including phenoxy) is 2. The van der Waals surface area contributed by atoms with Crippen molar-refractivity contribution in [2.24, 2.45) is 0 Å². The first-order valence-corrected chi connectivity index (χ1v) is 44.6. The molecule has 0 fully saturated rings. The van der Waals surface area contributed by atoms with Gasteiger partial charge < -0.3 is 27.9 Å². The third-order valence-corrected chi connectivity index (χ3v) is 20.0. The number of quaternary nitrogens is 1. The lowest BCUT2D eigenvalue weighted by molar-refractivity contribution is -0.870. The molecular formula is C91H164NO8P. The van der Waals surface area contributed by atoms with Crippen LogP contribution < -0.4 is 4.89 Å². The lowest BCUT2D eigenvalue weighted by Crippen LogP contribution is -2.37. The van der Waals surface area contributed by atoms with Crippen molar-refractivity contribution in [2.75, 3.05) is 47.5 Å². The number of allylic oxidation sites excluding steroid dienone is 18. The highest BCUT2D eigenvalue weighted by atomic mass is 31.2. The highest BCUT2D eigenvalue weighted by Crippen LogP contribution is 2.38. The zero-order valence-electron chi connectivity index (χ0n) is 67.1. The molecule has 0 N–H and O–H groups in total. The molecule has 0 aliphatic rings. The summed E-state index contributed by atoms with van der Waals surface area (Å²) < 4.78 is 34.5. The van der Waals surface area contributed by atoms with E-state index < -0.39 is 26.5 Å². The Labute approximate surface area is 626 Å². The molecule has 10 heteroatoms. The van der Waals surface area contributed by atoms with Crippen molar-refractivity contribution in [3.63, 3.8) is 0 Å². The van der Waals surface area contributed by atoms with Crippen LogP contribution in [-0.4, -0.2) is 70.0 Å². The minimum Gasteiger partial charge on any atom is -0.756 e. The molecule has 9 nitrogen and oxygen atoms in total. The zero-order valence-corrected chi connectivity index (χ0v) is 68.0. The van der Waals surface area contributed by atoms with E-state index in [1.165, 1.54) is 270 Å². The Hall–Kier alpha value is -3.33. The number of hydrogen-bond acceptors (Lipinski definition) is 8. The van der Waals surface area contributed by atoms with Crippen LogP contribution in [-0.2, 0) is 32.7 Å². The highest BCUT2D eigenvalue weighted by Gasteiger charge is 2.22. The molecule has 0 heterocycles. The molecule has 586 valence electrons. The Bertz CT molecular complexity index is 2080. The molecule has 0 bridgehead atoms. The van der Waals surface area contributed by atoms with Gasteiger partial charge in [-0.1, -0.05) is 419 Å². The van der Waals surface area contributed by atoms with Gasteiger partial charge in [0.25, 0.3) is 7.82 Å². The third-order valence-electron chi connectivity index (χ3n) is 19.1. The normalized spacial score (nSPS) is 13.5. The first-order valence-electron chi connectivity index (χ1n) is 43.1. The maximum absolute atomic E-state index is 12.9. The average molecular weight is 1430 g/mol. The molecule has 0 aliphatic carbocycles. The van der Waals surface area contributed by atoms with Crippen LogP contribution in [0.25, 0.3) is 0 Å². The van der Waals surface area contributed by atoms with E-state index in [4.69, 9.17) is 18.5 Å². The van der Waals surface area contributed by atoms with Crippen LogP contribution in [0.2, 0.25) is 0 Å². The summed E-state index contributed by atoms with van der Waals surface area (Å²) in [7, 11) is 1.17. The summed E-state index contributed by atoms with van der Waals surface area (Å²) in [6.45, 7) is 4.18. The van der Waals surface area contributed by atoms with Crippen LogP contribution >= 0.6 is 7.82 Å². The summed E-state index contributed by atoms with van der Waals surface area (Å²) in [5.74, 6) is -0.823. The zero-order chi connectivity index (χ0) is 73.3. The number of unbranched alkanes of at least 4 members (excludes halogenated alkanes) is 48. The van der Waals surface area contributed by atoms with Gasteiger partial charge >= 0.3 is 11.9 Å². The number of esters is 2. The Kier molecular flexibility index (Phi) is 78.1.